The lowest BCUT2D eigenvalue weighted by atomic mass is 9.77. The summed E-state index contributed by atoms with van der Waals surface area (Å²) >= 11 is 0. The van der Waals surface area contributed by atoms with Crippen molar-refractivity contribution in [2.75, 3.05) is 13.2 Å². The lowest BCUT2D eigenvalue weighted by molar-refractivity contribution is -0.126. The van der Waals surface area contributed by atoms with Gasteiger partial charge in [0.2, 0.25) is 5.91 Å². The van der Waals surface area contributed by atoms with Crippen LogP contribution in [0.4, 0.5) is 0 Å². The molecule has 0 aromatic rings. The Morgan fingerprint density at radius 1 is 1.41 bits per heavy atom. The minimum Gasteiger partial charge on any atom is -0.394 e. The normalized spacial score (nSPS) is 38.0. The van der Waals surface area contributed by atoms with Gasteiger partial charge in [-0.1, -0.05) is 6.92 Å². The Labute approximate surface area is 103 Å². The number of carbonyl (C=O) groups is 1. The van der Waals surface area contributed by atoms with Crippen LogP contribution in [0.1, 0.15) is 45.4 Å². The minimum atomic E-state index is -0.353. The van der Waals surface area contributed by atoms with Gasteiger partial charge < -0.3 is 15.7 Å². The molecule has 1 saturated carbocycles. The molecule has 0 aromatic heterocycles. The van der Waals surface area contributed by atoms with Crippen molar-refractivity contribution in [2.45, 2.75) is 57.0 Å². The highest BCUT2D eigenvalue weighted by Gasteiger charge is 2.36. The van der Waals surface area contributed by atoms with E-state index in [1.807, 2.05) is 0 Å². The third-order valence-corrected chi connectivity index (χ3v) is 4.30. The van der Waals surface area contributed by atoms with Gasteiger partial charge in [-0.3, -0.25) is 4.79 Å². The van der Waals surface area contributed by atoms with Crippen molar-refractivity contribution in [3.63, 3.8) is 0 Å². The predicted octanol–water partition coefficient (Wildman–Crippen LogP) is 0.796. The summed E-state index contributed by atoms with van der Waals surface area (Å²) in [6.45, 7) is 3.24. The van der Waals surface area contributed by atoms with Gasteiger partial charge in [0.25, 0.3) is 0 Å². The average molecular weight is 240 g/mol. The van der Waals surface area contributed by atoms with E-state index in [0.717, 1.165) is 51.0 Å². The Kier molecular flexibility index (Phi) is 4.05. The van der Waals surface area contributed by atoms with Crippen LogP contribution in [0.2, 0.25) is 0 Å². The lowest BCUT2D eigenvalue weighted by Crippen LogP contribution is -2.57. The molecule has 0 bridgehead atoms. The average Bonchev–Trinajstić information content (AvgIpc) is 2.86. The number of rotatable bonds is 3. The summed E-state index contributed by atoms with van der Waals surface area (Å²) in [7, 11) is 0. The number of carbonyl (C=O) groups excluding carboxylic acids is 1. The van der Waals surface area contributed by atoms with Crippen molar-refractivity contribution in [3.05, 3.63) is 0 Å². The van der Waals surface area contributed by atoms with E-state index >= 15 is 0 Å². The van der Waals surface area contributed by atoms with Crippen molar-refractivity contribution in [3.8, 4) is 0 Å². The fraction of sp³-hybridized carbons (Fsp3) is 0.923. The van der Waals surface area contributed by atoms with Crippen molar-refractivity contribution < 1.29 is 9.90 Å². The van der Waals surface area contributed by atoms with Gasteiger partial charge in [-0.05, 0) is 51.0 Å². The van der Waals surface area contributed by atoms with Crippen LogP contribution in [-0.2, 0) is 4.79 Å². The lowest BCUT2D eigenvalue weighted by Gasteiger charge is -2.39. The Balaban J connectivity index is 1.92. The molecule has 4 nitrogen and oxygen atoms in total. The zero-order valence-electron chi connectivity index (χ0n) is 10.7. The van der Waals surface area contributed by atoms with Crippen LogP contribution in [0.25, 0.3) is 0 Å². The maximum absolute atomic E-state index is 12.1. The first kappa shape index (κ1) is 12.8. The van der Waals surface area contributed by atoms with Crippen molar-refractivity contribution in [1.29, 1.82) is 0 Å². The topological polar surface area (TPSA) is 61.4 Å². The maximum Gasteiger partial charge on any atom is 0.237 e. The molecule has 0 radical (unpaired) electrons. The molecule has 3 N–H and O–H groups in total. The van der Waals surface area contributed by atoms with Gasteiger partial charge in [-0.25, -0.2) is 0 Å². The molecule has 4 heteroatoms. The second-order valence-corrected chi connectivity index (χ2v) is 5.76. The summed E-state index contributed by atoms with van der Waals surface area (Å²) in [5.74, 6) is 0.794. The van der Waals surface area contributed by atoms with Gasteiger partial charge in [0.15, 0.2) is 0 Å². The van der Waals surface area contributed by atoms with Crippen LogP contribution in [0, 0.1) is 5.92 Å². The van der Waals surface area contributed by atoms with Gasteiger partial charge in [-0.2, -0.15) is 0 Å². The van der Waals surface area contributed by atoms with Crippen LogP contribution in [0.3, 0.4) is 0 Å². The molecule has 2 aliphatic rings. The molecular weight excluding hydrogens is 216 g/mol. The molecule has 2 rings (SSSR count). The molecule has 98 valence electrons. The monoisotopic (exact) mass is 240 g/mol. The third-order valence-electron chi connectivity index (χ3n) is 4.30. The molecule has 0 aromatic carbocycles. The summed E-state index contributed by atoms with van der Waals surface area (Å²) in [6, 6.07) is -0.0437. The number of nitrogens with one attached hydrogen (secondary N) is 2. The molecule has 2 fully saturated rings. The fourth-order valence-corrected chi connectivity index (χ4v) is 2.89. The zero-order valence-corrected chi connectivity index (χ0v) is 10.7. The van der Waals surface area contributed by atoms with Crippen LogP contribution < -0.4 is 10.6 Å². The molecule has 1 aliphatic heterocycles. The first-order valence-corrected chi connectivity index (χ1v) is 6.81. The summed E-state index contributed by atoms with van der Waals surface area (Å²) in [5.41, 5.74) is -0.353. The number of hydrogen-bond acceptors (Lipinski definition) is 3. The molecule has 1 amide bonds. The second kappa shape index (κ2) is 5.36. The van der Waals surface area contributed by atoms with Crippen LogP contribution in [0.5, 0.6) is 0 Å². The Bertz CT molecular complexity index is 267. The molecule has 1 saturated heterocycles. The van der Waals surface area contributed by atoms with Crippen molar-refractivity contribution >= 4 is 5.91 Å². The third kappa shape index (κ3) is 2.99. The largest absolute Gasteiger partial charge is 0.394 e. The van der Waals surface area contributed by atoms with E-state index in [9.17, 15) is 9.90 Å². The van der Waals surface area contributed by atoms with E-state index in [2.05, 4.69) is 17.6 Å². The first-order valence-electron chi connectivity index (χ1n) is 6.81. The molecular formula is C13H24N2O2. The van der Waals surface area contributed by atoms with E-state index in [-0.39, 0.29) is 24.1 Å². The summed E-state index contributed by atoms with van der Waals surface area (Å²) in [5, 5.41) is 15.9. The fourth-order valence-electron chi connectivity index (χ4n) is 2.89. The summed E-state index contributed by atoms with van der Waals surface area (Å²) < 4.78 is 0. The molecule has 0 unspecified atom stereocenters. The molecule has 0 spiro atoms. The van der Waals surface area contributed by atoms with E-state index < -0.39 is 0 Å². The van der Waals surface area contributed by atoms with E-state index in [0.29, 0.717) is 0 Å². The molecule has 1 heterocycles. The van der Waals surface area contributed by atoms with Crippen molar-refractivity contribution in [2.24, 2.45) is 5.92 Å². The highest BCUT2D eigenvalue weighted by atomic mass is 16.3. The van der Waals surface area contributed by atoms with Gasteiger partial charge in [0, 0.05) is 0 Å². The SMILES string of the molecule is CC1CCC(CO)(NC(=O)[C@@H]2CCCN2)CC1. The van der Waals surface area contributed by atoms with E-state index in [1.165, 1.54) is 0 Å². The minimum absolute atomic E-state index is 0.0437. The second-order valence-electron chi connectivity index (χ2n) is 5.76. The van der Waals surface area contributed by atoms with Gasteiger partial charge in [0.05, 0.1) is 18.2 Å². The van der Waals surface area contributed by atoms with E-state index in [1.54, 1.807) is 0 Å². The van der Waals surface area contributed by atoms with Crippen LogP contribution in [0.15, 0.2) is 0 Å². The highest BCUT2D eigenvalue weighted by Crippen LogP contribution is 2.31. The van der Waals surface area contributed by atoms with E-state index in [4.69, 9.17) is 0 Å². The molecule has 1 aliphatic carbocycles. The molecule has 1 atom stereocenters. The van der Waals surface area contributed by atoms with Crippen molar-refractivity contribution in [1.82, 2.24) is 10.6 Å². The quantitative estimate of drug-likeness (QED) is 0.683. The number of aliphatic hydroxyl groups excluding tert-OH is 1. The Morgan fingerprint density at radius 2 is 2.12 bits per heavy atom. The summed E-state index contributed by atoms with van der Waals surface area (Å²) in [4.78, 5) is 12.1. The van der Waals surface area contributed by atoms with Gasteiger partial charge in [-0.15, -0.1) is 0 Å². The Morgan fingerprint density at radius 3 is 2.65 bits per heavy atom. The standard InChI is InChI=1S/C13H24N2O2/c1-10-4-6-13(9-16,7-5-10)15-12(17)11-3-2-8-14-11/h10-11,14,16H,2-9H2,1H3,(H,15,17)/t10?,11-,13?/m0/s1. The maximum atomic E-state index is 12.1. The van der Waals surface area contributed by atoms with Gasteiger partial charge >= 0.3 is 0 Å². The highest BCUT2D eigenvalue weighted by molar-refractivity contribution is 5.82. The molecule has 17 heavy (non-hydrogen) atoms. The smallest absolute Gasteiger partial charge is 0.237 e. The zero-order chi connectivity index (χ0) is 12.3. The predicted molar refractivity (Wildman–Crippen MR) is 66.6 cm³/mol. The van der Waals surface area contributed by atoms with Crippen LogP contribution >= 0.6 is 0 Å². The first-order chi connectivity index (χ1) is 8.15. The number of amides is 1. The van der Waals surface area contributed by atoms with Gasteiger partial charge in [0.1, 0.15) is 0 Å². The number of hydrogen-bond donors (Lipinski definition) is 3. The van der Waals surface area contributed by atoms with Crippen LogP contribution in [-0.4, -0.2) is 35.7 Å². The summed E-state index contributed by atoms with van der Waals surface area (Å²) in [6.07, 6.45) is 6.00. The Hall–Kier alpha value is -0.610. The number of aliphatic hydroxyl groups is 1.